The number of halogens is 3. The molecule has 0 atom stereocenters. The summed E-state index contributed by atoms with van der Waals surface area (Å²) in [5.41, 5.74) is 11.3. The molecule has 1 saturated carbocycles. The summed E-state index contributed by atoms with van der Waals surface area (Å²) in [5.74, 6) is 1.06. The van der Waals surface area contributed by atoms with Crippen LogP contribution in [-0.2, 0) is 6.42 Å². The van der Waals surface area contributed by atoms with E-state index in [-0.39, 0.29) is 34.0 Å². The number of anilines is 2. The normalized spacial score (nSPS) is 14.8. The minimum Gasteiger partial charge on any atom is -0.397 e. The highest BCUT2D eigenvalue weighted by atomic mass is 32.2. The van der Waals surface area contributed by atoms with Crippen LogP contribution in [0.15, 0.2) is 17.0 Å². The Kier molecular flexibility index (Phi) is 6.34. The van der Waals surface area contributed by atoms with Crippen LogP contribution in [0.4, 0.5) is 24.0 Å². The van der Waals surface area contributed by atoms with Crippen LogP contribution in [0.1, 0.15) is 31.7 Å². The molecule has 1 fully saturated rings. The number of alkyl halides is 2. The van der Waals surface area contributed by atoms with Crippen LogP contribution in [0.5, 0.6) is 0 Å². The molecule has 2 nitrogen and oxygen atoms in total. The van der Waals surface area contributed by atoms with Crippen LogP contribution in [0, 0.1) is 5.92 Å². The lowest BCUT2D eigenvalue weighted by atomic mass is 9.88. The highest BCUT2D eigenvalue weighted by molar-refractivity contribution is 7.94. The van der Waals surface area contributed by atoms with Gasteiger partial charge < -0.3 is 11.5 Å². The highest BCUT2D eigenvalue weighted by Gasteiger charge is 2.11. The Balaban J connectivity index is 0.000000300. The molecule has 19 heavy (non-hydrogen) atoms. The van der Waals surface area contributed by atoms with E-state index in [0.29, 0.717) is 0 Å². The Bertz CT molecular complexity index is 409. The fourth-order valence-corrected chi connectivity index (χ4v) is 2.06. The van der Waals surface area contributed by atoms with Crippen molar-refractivity contribution in [2.75, 3.05) is 11.5 Å². The number of rotatable bonds is 3. The van der Waals surface area contributed by atoms with Crippen molar-refractivity contribution in [1.29, 1.82) is 0 Å². The zero-order chi connectivity index (χ0) is 14.4. The molecule has 0 spiro atoms. The van der Waals surface area contributed by atoms with Crippen LogP contribution >= 0.6 is 12.1 Å². The first-order valence-electron chi connectivity index (χ1n) is 6.18. The fraction of sp³-hybridized carbons (Fsp3) is 0.538. The minimum atomic E-state index is -2.52. The summed E-state index contributed by atoms with van der Waals surface area (Å²) in [5, 5.41) is 0. The lowest BCUT2D eigenvalue weighted by Crippen LogP contribution is -2.04. The quantitative estimate of drug-likeness (QED) is 0.810. The SMILES string of the molecule is CC1CCC1.Nc1cc(SF)cc(CC(F)F)c1N. The highest BCUT2D eigenvalue weighted by Crippen LogP contribution is 2.30. The van der Waals surface area contributed by atoms with Crippen LogP contribution in [0.3, 0.4) is 0 Å². The molecule has 0 radical (unpaired) electrons. The average Bonchev–Trinajstić information content (AvgIpc) is 2.32. The molecule has 4 N–H and O–H groups in total. The van der Waals surface area contributed by atoms with Crippen LogP contribution in [-0.4, -0.2) is 6.43 Å². The van der Waals surface area contributed by atoms with Crippen molar-refractivity contribution in [2.24, 2.45) is 5.92 Å². The van der Waals surface area contributed by atoms with Crippen LogP contribution < -0.4 is 11.5 Å². The molecule has 1 aromatic carbocycles. The molecule has 0 aromatic heterocycles. The van der Waals surface area contributed by atoms with Crippen molar-refractivity contribution in [3.05, 3.63) is 17.7 Å². The van der Waals surface area contributed by atoms with E-state index in [2.05, 4.69) is 6.92 Å². The average molecular weight is 292 g/mol. The lowest BCUT2D eigenvalue weighted by molar-refractivity contribution is 0.149. The molecular formula is C13H19F3N2S. The van der Waals surface area contributed by atoms with E-state index in [1.807, 2.05) is 0 Å². The lowest BCUT2D eigenvalue weighted by Gasteiger charge is -2.18. The zero-order valence-electron chi connectivity index (χ0n) is 10.8. The monoisotopic (exact) mass is 292 g/mol. The number of nitrogen functional groups attached to an aromatic ring is 2. The van der Waals surface area contributed by atoms with Crippen molar-refractivity contribution < 1.29 is 12.7 Å². The zero-order valence-corrected chi connectivity index (χ0v) is 11.7. The van der Waals surface area contributed by atoms with E-state index >= 15 is 0 Å². The Hall–Kier alpha value is -1.04. The van der Waals surface area contributed by atoms with E-state index in [0.717, 1.165) is 5.92 Å². The summed E-state index contributed by atoms with van der Waals surface area (Å²) < 4.78 is 36.3. The Morgan fingerprint density at radius 3 is 2.26 bits per heavy atom. The van der Waals surface area contributed by atoms with Gasteiger partial charge in [-0.05, 0) is 23.6 Å². The minimum absolute atomic E-state index is 0.0475. The molecule has 1 aliphatic carbocycles. The first kappa shape index (κ1) is 16.0. The molecule has 1 aromatic rings. The maximum atomic E-state index is 12.2. The van der Waals surface area contributed by atoms with E-state index in [1.165, 1.54) is 31.4 Å². The predicted octanol–water partition coefficient (Wildman–Crippen LogP) is 4.44. The maximum Gasteiger partial charge on any atom is 0.242 e. The van der Waals surface area contributed by atoms with Gasteiger partial charge in [-0.25, -0.2) is 8.78 Å². The van der Waals surface area contributed by atoms with Crippen molar-refractivity contribution in [3.8, 4) is 0 Å². The molecular weight excluding hydrogens is 273 g/mol. The summed E-state index contributed by atoms with van der Waals surface area (Å²) in [4.78, 5) is 0.187. The van der Waals surface area contributed by atoms with Gasteiger partial charge in [0.1, 0.15) is 0 Å². The van der Waals surface area contributed by atoms with E-state index in [9.17, 15) is 12.7 Å². The van der Waals surface area contributed by atoms with Gasteiger partial charge in [0.15, 0.2) is 0 Å². The van der Waals surface area contributed by atoms with Gasteiger partial charge >= 0.3 is 0 Å². The second kappa shape index (κ2) is 7.53. The first-order chi connectivity index (χ1) is 8.93. The second-order valence-electron chi connectivity index (χ2n) is 4.79. The van der Waals surface area contributed by atoms with Gasteiger partial charge in [0.05, 0.1) is 23.5 Å². The van der Waals surface area contributed by atoms with E-state index in [1.54, 1.807) is 0 Å². The van der Waals surface area contributed by atoms with Gasteiger partial charge in [-0.1, -0.05) is 26.2 Å². The number of hydrogen-bond donors (Lipinski definition) is 2. The van der Waals surface area contributed by atoms with Gasteiger partial charge in [0.2, 0.25) is 6.43 Å². The smallest absolute Gasteiger partial charge is 0.242 e. The third-order valence-corrected chi connectivity index (χ3v) is 3.54. The number of hydrogen-bond acceptors (Lipinski definition) is 3. The topological polar surface area (TPSA) is 52.0 Å². The number of benzene rings is 1. The summed E-state index contributed by atoms with van der Waals surface area (Å²) >= 11 is -0.0475. The Morgan fingerprint density at radius 1 is 1.32 bits per heavy atom. The van der Waals surface area contributed by atoms with Gasteiger partial charge in [-0.3, -0.25) is 0 Å². The van der Waals surface area contributed by atoms with Crippen LogP contribution in [0.2, 0.25) is 0 Å². The Morgan fingerprint density at radius 2 is 1.89 bits per heavy atom. The molecule has 6 heteroatoms. The molecule has 0 unspecified atom stereocenters. The predicted molar refractivity (Wildman–Crippen MR) is 75.0 cm³/mol. The van der Waals surface area contributed by atoms with Crippen molar-refractivity contribution in [3.63, 3.8) is 0 Å². The van der Waals surface area contributed by atoms with Gasteiger partial charge in [0, 0.05) is 11.3 Å². The fourth-order valence-electron chi connectivity index (χ4n) is 1.70. The largest absolute Gasteiger partial charge is 0.397 e. The maximum absolute atomic E-state index is 12.2. The Labute approximate surface area is 116 Å². The molecule has 1 aliphatic rings. The van der Waals surface area contributed by atoms with Crippen molar-refractivity contribution in [2.45, 2.75) is 43.9 Å². The second-order valence-corrected chi connectivity index (χ2v) is 5.42. The molecule has 0 saturated heterocycles. The first-order valence-corrected chi connectivity index (χ1v) is 6.90. The number of nitrogens with two attached hydrogens (primary N) is 2. The van der Waals surface area contributed by atoms with Gasteiger partial charge in [-0.15, -0.1) is 0 Å². The van der Waals surface area contributed by atoms with Crippen LogP contribution in [0.25, 0.3) is 0 Å². The molecule has 108 valence electrons. The van der Waals surface area contributed by atoms with Gasteiger partial charge in [0.25, 0.3) is 0 Å². The third-order valence-electron chi connectivity index (χ3n) is 3.13. The standard InChI is InChI=1S/C8H9F3N2S.C5H10/c9-7(10)2-4-1-5(14-11)3-6(12)8(4)13;1-5-3-2-4-5/h1,3,7H,2,12-13H2;5H,2-4H2,1H3. The van der Waals surface area contributed by atoms with E-state index < -0.39 is 12.8 Å². The summed E-state index contributed by atoms with van der Waals surface area (Å²) in [6, 6.07) is 2.59. The third kappa shape index (κ3) is 5.22. The molecule has 0 aliphatic heterocycles. The molecule has 0 amide bonds. The summed E-state index contributed by atoms with van der Waals surface area (Å²) in [7, 11) is 0. The molecule has 0 heterocycles. The van der Waals surface area contributed by atoms with E-state index in [4.69, 9.17) is 11.5 Å². The summed E-state index contributed by atoms with van der Waals surface area (Å²) in [6.45, 7) is 2.31. The van der Waals surface area contributed by atoms with Crippen molar-refractivity contribution >= 4 is 23.5 Å². The molecule has 0 bridgehead atoms. The van der Waals surface area contributed by atoms with Crippen molar-refractivity contribution in [1.82, 2.24) is 0 Å². The van der Waals surface area contributed by atoms with Gasteiger partial charge in [-0.2, -0.15) is 3.89 Å². The molecule has 2 rings (SSSR count). The summed E-state index contributed by atoms with van der Waals surface area (Å²) in [6.07, 6.45) is 1.43.